The van der Waals surface area contributed by atoms with E-state index in [1.807, 2.05) is 10.7 Å². The third-order valence-corrected chi connectivity index (χ3v) is 3.58. The van der Waals surface area contributed by atoms with Crippen LogP contribution >= 0.6 is 0 Å². The molecule has 0 atom stereocenters. The maximum absolute atomic E-state index is 14.0. The van der Waals surface area contributed by atoms with E-state index < -0.39 is 0 Å². The van der Waals surface area contributed by atoms with Gasteiger partial charge in [-0.15, -0.1) is 0 Å². The highest BCUT2D eigenvalue weighted by atomic mass is 19.1. The Morgan fingerprint density at radius 3 is 2.84 bits per heavy atom. The van der Waals surface area contributed by atoms with Gasteiger partial charge in [0.05, 0.1) is 0 Å². The maximum atomic E-state index is 14.0. The molecule has 0 saturated heterocycles. The van der Waals surface area contributed by atoms with Crippen molar-refractivity contribution in [3.63, 3.8) is 0 Å². The molecule has 0 bridgehead atoms. The standard InChI is InChI=1S/C15H18FN3/c1-10(2)19-14-7-8-17-9-12(14)15(18-19)11-5-3-4-6-13(11)16/h3-6,10,17H,7-9H2,1-2H3. The Hall–Kier alpha value is -1.68. The van der Waals surface area contributed by atoms with Crippen LogP contribution in [0.3, 0.4) is 0 Å². The van der Waals surface area contributed by atoms with Crippen LogP contribution in [0, 0.1) is 5.82 Å². The van der Waals surface area contributed by atoms with Gasteiger partial charge in [-0.2, -0.15) is 5.10 Å². The van der Waals surface area contributed by atoms with E-state index in [9.17, 15) is 4.39 Å². The molecule has 3 nitrogen and oxygen atoms in total. The zero-order valence-corrected chi connectivity index (χ0v) is 11.3. The van der Waals surface area contributed by atoms with Gasteiger partial charge in [0, 0.05) is 42.4 Å². The number of fused-ring (bicyclic) bond motifs is 1. The lowest BCUT2D eigenvalue weighted by atomic mass is 10.0. The minimum atomic E-state index is -0.204. The molecule has 1 aliphatic heterocycles. The Kier molecular flexibility index (Phi) is 3.11. The van der Waals surface area contributed by atoms with Crippen LogP contribution in [0.4, 0.5) is 4.39 Å². The smallest absolute Gasteiger partial charge is 0.132 e. The normalized spacial score (nSPS) is 14.7. The summed E-state index contributed by atoms with van der Waals surface area (Å²) in [5.74, 6) is -0.204. The van der Waals surface area contributed by atoms with Crippen LogP contribution in [-0.2, 0) is 13.0 Å². The Balaban J connectivity index is 2.19. The lowest BCUT2D eigenvalue weighted by Crippen LogP contribution is -2.25. The van der Waals surface area contributed by atoms with Crippen LogP contribution in [0.1, 0.15) is 31.1 Å². The van der Waals surface area contributed by atoms with Crippen molar-refractivity contribution in [2.45, 2.75) is 32.9 Å². The van der Waals surface area contributed by atoms with Crippen molar-refractivity contribution in [2.75, 3.05) is 6.54 Å². The number of halogens is 1. The van der Waals surface area contributed by atoms with E-state index in [0.717, 1.165) is 30.8 Å². The maximum Gasteiger partial charge on any atom is 0.132 e. The van der Waals surface area contributed by atoms with Crippen molar-refractivity contribution in [1.29, 1.82) is 0 Å². The monoisotopic (exact) mass is 259 g/mol. The quantitative estimate of drug-likeness (QED) is 0.898. The van der Waals surface area contributed by atoms with Crippen molar-refractivity contribution in [3.05, 3.63) is 41.3 Å². The number of nitrogens with one attached hydrogen (secondary N) is 1. The van der Waals surface area contributed by atoms with E-state index in [0.29, 0.717) is 11.6 Å². The third kappa shape index (κ3) is 2.06. The molecule has 0 spiro atoms. The summed E-state index contributed by atoms with van der Waals surface area (Å²) in [6, 6.07) is 7.16. The van der Waals surface area contributed by atoms with Crippen molar-refractivity contribution >= 4 is 0 Å². The average Bonchev–Trinajstić information content (AvgIpc) is 2.79. The largest absolute Gasteiger partial charge is 0.312 e. The van der Waals surface area contributed by atoms with Gasteiger partial charge in [0.1, 0.15) is 11.5 Å². The second-order valence-electron chi connectivity index (χ2n) is 5.22. The van der Waals surface area contributed by atoms with Crippen LogP contribution in [0.5, 0.6) is 0 Å². The fourth-order valence-corrected chi connectivity index (χ4v) is 2.67. The molecule has 0 radical (unpaired) electrons. The minimum absolute atomic E-state index is 0.204. The van der Waals surface area contributed by atoms with Gasteiger partial charge >= 0.3 is 0 Å². The van der Waals surface area contributed by atoms with Crippen molar-refractivity contribution < 1.29 is 4.39 Å². The molecule has 1 N–H and O–H groups in total. The number of benzene rings is 1. The molecule has 2 aromatic rings. The summed E-state index contributed by atoms with van der Waals surface area (Å²) >= 11 is 0. The van der Waals surface area contributed by atoms with Crippen LogP contribution < -0.4 is 5.32 Å². The van der Waals surface area contributed by atoms with Crippen molar-refractivity contribution in [3.8, 4) is 11.3 Å². The number of hydrogen-bond acceptors (Lipinski definition) is 2. The lowest BCUT2D eigenvalue weighted by Gasteiger charge is -2.17. The van der Waals surface area contributed by atoms with Crippen LogP contribution in [0.25, 0.3) is 11.3 Å². The van der Waals surface area contributed by atoms with Gasteiger partial charge in [-0.3, -0.25) is 4.68 Å². The Morgan fingerprint density at radius 2 is 2.11 bits per heavy atom. The molecule has 0 fully saturated rings. The second-order valence-corrected chi connectivity index (χ2v) is 5.22. The molecular formula is C15H18FN3. The Bertz CT molecular complexity index is 601. The van der Waals surface area contributed by atoms with Crippen molar-refractivity contribution in [1.82, 2.24) is 15.1 Å². The fraction of sp³-hybridized carbons (Fsp3) is 0.400. The van der Waals surface area contributed by atoms with Crippen LogP contribution in [-0.4, -0.2) is 16.3 Å². The summed E-state index contributed by atoms with van der Waals surface area (Å²) in [7, 11) is 0. The molecule has 0 aliphatic carbocycles. The molecule has 1 aromatic heterocycles. The van der Waals surface area contributed by atoms with Crippen LogP contribution in [0.15, 0.2) is 24.3 Å². The van der Waals surface area contributed by atoms with E-state index in [2.05, 4.69) is 24.3 Å². The first-order valence-corrected chi connectivity index (χ1v) is 6.74. The van der Waals surface area contributed by atoms with Gasteiger partial charge in [-0.1, -0.05) is 12.1 Å². The van der Waals surface area contributed by atoms with Crippen LogP contribution in [0.2, 0.25) is 0 Å². The summed E-state index contributed by atoms with van der Waals surface area (Å²) in [5, 5.41) is 8.01. The minimum Gasteiger partial charge on any atom is -0.312 e. The number of hydrogen-bond donors (Lipinski definition) is 1. The summed E-state index contributed by atoms with van der Waals surface area (Å²) in [6.07, 6.45) is 0.953. The van der Waals surface area contributed by atoms with E-state index in [1.54, 1.807) is 12.1 Å². The van der Waals surface area contributed by atoms with E-state index in [1.165, 1.54) is 11.8 Å². The first kappa shape index (κ1) is 12.4. The van der Waals surface area contributed by atoms with Crippen molar-refractivity contribution in [2.24, 2.45) is 0 Å². The SMILES string of the molecule is CC(C)n1nc(-c2ccccc2F)c2c1CCNC2. The predicted molar refractivity (Wildman–Crippen MR) is 73.4 cm³/mol. The van der Waals surface area contributed by atoms with E-state index >= 15 is 0 Å². The Morgan fingerprint density at radius 1 is 1.32 bits per heavy atom. The topological polar surface area (TPSA) is 29.9 Å². The summed E-state index contributed by atoms with van der Waals surface area (Å²) in [4.78, 5) is 0. The first-order valence-electron chi connectivity index (χ1n) is 6.74. The number of nitrogens with zero attached hydrogens (tertiary/aromatic N) is 2. The highest BCUT2D eigenvalue weighted by Gasteiger charge is 2.23. The van der Waals surface area contributed by atoms with Gasteiger partial charge in [0.2, 0.25) is 0 Å². The van der Waals surface area contributed by atoms with Gasteiger partial charge in [-0.05, 0) is 26.0 Å². The molecule has 1 aromatic carbocycles. The van der Waals surface area contributed by atoms with E-state index in [-0.39, 0.29) is 5.82 Å². The van der Waals surface area contributed by atoms with Gasteiger partial charge < -0.3 is 5.32 Å². The zero-order valence-electron chi connectivity index (χ0n) is 11.3. The van der Waals surface area contributed by atoms with E-state index in [4.69, 9.17) is 0 Å². The predicted octanol–water partition coefficient (Wildman–Crippen LogP) is 2.92. The zero-order chi connectivity index (χ0) is 13.4. The molecule has 0 saturated carbocycles. The molecule has 100 valence electrons. The average molecular weight is 259 g/mol. The molecule has 2 heterocycles. The molecule has 19 heavy (non-hydrogen) atoms. The first-order chi connectivity index (χ1) is 9.18. The van der Waals surface area contributed by atoms with Gasteiger partial charge in [0.15, 0.2) is 0 Å². The second kappa shape index (κ2) is 4.78. The Labute approximate surface area is 112 Å². The lowest BCUT2D eigenvalue weighted by molar-refractivity contribution is 0.494. The number of aromatic nitrogens is 2. The number of rotatable bonds is 2. The summed E-state index contributed by atoms with van der Waals surface area (Å²) in [5.41, 5.74) is 3.77. The summed E-state index contributed by atoms with van der Waals surface area (Å²) < 4.78 is 16.0. The summed E-state index contributed by atoms with van der Waals surface area (Å²) in [6.45, 7) is 5.95. The highest BCUT2D eigenvalue weighted by Crippen LogP contribution is 2.30. The molecule has 1 aliphatic rings. The molecule has 0 unspecified atom stereocenters. The third-order valence-electron chi connectivity index (χ3n) is 3.58. The fourth-order valence-electron chi connectivity index (χ4n) is 2.67. The molecule has 0 amide bonds. The molecule has 3 rings (SSSR count). The molecular weight excluding hydrogens is 241 g/mol. The van der Waals surface area contributed by atoms with Gasteiger partial charge in [0.25, 0.3) is 0 Å². The highest BCUT2D eigenvalue weighted by molar-refractivity contribution is 5.65. The van der Waals surface area contributed by atoms with Gasteiger partial charge in [-0.25, -0.2) is 4.39 Å². The molecule has 4 heteroatoms.